The van der Waals surface area contributed by atoms with Crippen LogP contribution < -0.4 is 21.7 Å². The van der Waals surface area contributed by atoms with Crippen molar-refractivity contribution in [3.63, 3.8) is 0 Å². The number of carbonyl (C=O) groups is 3. The number of aliphatic hydroxyl groups excluding tert-OH is 1. The highest BCUT2D eigenvalue weighted by atomic mass is 32.1. The number of aliphatic hydroxyl groups is 1. The Hall–Kier alpha value is -5.11. The number of benzene rings is 3. The molecule has 0 saturated heterocycles. The number of carboxylic acid groups (broad SMARTS) is 1. The molecule has 11 nitrogen and oxygen atoms in total. The van der Waals surface area contributed by atoms with Gasteiger partial charge >= 0.3 is 5.97 Å². The van der Waals surface area contributed by atoms with Gasteiger partial charge in [-0.05, 0) is 48.5 Å². The molecule has 5 aromatic rings. The second kappa shape index (κ2) is 13.2. The molecule has 5 rings (SSSR count). The van der Waals surface area contributed by atoms with Crippen molar-refractivity contribution in [1.82, 2.24) is 15.3 Å². The monoisotopic (exact) mass is 614 g/mol. The molecule has 13 heteroatoms. The minimum atomic E-state index is -1.22. The average Bonchev–Trinajstić information content (AvgIpc) is 3.64. The van der Waals surface area contributed by atoms with Gasteiger partial charge in [0.25, 0.3) is 11.8 Å². The highest BCUT2D eigenvalue weighted by Crippen LogP contribution is 2.39. The Balaban J connectivity index is 1.25. The summed E-state index contributed by atoms with van der Waals surface area (Å²) in [4.78, 5) is 46.1. The summed E-state index contributed by atoms with van der Waals surface area (Å²) in [5, 5.41) is 29.8. The highest BCUT2D eigenvalue weighted by Gasteiger charge is 2.20. The number of nitrogens with two attached hydrogens (primary N) is 1. The Morgan fingerprint density at radius 2 is 1.63 bits per heavy atom. The zero-order chi connectivity index (χ0) is 30.3. The van der Waals surface area contributed by atoms with Gasteiger partial charge in [-0.25, -0.2) is 14.8 Å². The molecule has 43 heavy (non-hydrogen) atoms. The largest absolute Gasteiger partial charge is 0.480 e. The molecule has 1 unspecified atom stereocenters. The topological polar surface area (TPSA) is 180 Å². The fourth-order valence-electron chi connectivity index (χ4n) is 4.05. The van der Waals surface area contributed by atoms with E-state index < -0.39 is 17.9 Å². The van der Waals surface area contributed by atoms with Crippen LogP contribution in [-0.2, 0) is 4.79 Å². The van der Waals surface area contributed by atoms with E-state index in [9.17, 15) is 19.5 Å². The zero-order valence-corrected chi connectivity index (χ0v) is 24.1. The average molecular weight is 615 g/mol. The lowest BCUT2D eigenvalue weighted by atomic mass is 10.1. The van der Waals surface area contributed by atoms with Crippen LogP contribution in [-0.4, -0.2) is 50.6 Å². The first-order valence-corrected chi connectivity index (χ1v) is 14.7. The summed E-state index contributed by atoms with van der Waals surface area (Å²) in [6, 6.07) is 21.7. The third-order valence-electron chi connectivity index (χ3n) is 6.22. The molecule has 3 aromatic carbocycles. The van der Waals surface area contributed by atoms with Gasteiger partial charge in [0.15, 0.2) is 5.13 Å². The Bertz CT molecular complexity index is 1750. The van der Waals surface area contributed by atoms with Crippen molar-refractivity contribution in [2.45, 2.75) is 12.5 Å². The predicted molar refractivity (Wildman–Crippen MR) is 168 cm³/mol. The number of amides is 2. The number of nitrogen functional groups attached to an aromatic ring is 1. The number of aromatic nitrogens is 2. The van der Waals surface area contributed by atoms with Gasteiger partial charge in [-0.3, -0.25) is 9.59 Å². The second-order valence-corrected chi connectivity index (χ2v) is 11.1. The maximum Gasteiger partial charge on any atom is 0.326 e. The SMILES string of the molecule is Nc1nc(Nc2ccc(C(=O)NC(CCO)C(=O)O)cc2)sc1-c1nc(-c2cccc(NC(=O)c3ccccc3)c2)cs1. The first-order valence-electron chi connectivity index (χ1n) is 13.0. The van der Waals surface area contributed by atoms with Crippen LogP contribution in [0.15, 0.2) is 84.2 Å². The molecule has 7 N–H and O–H groups in total. The second-order valence-electron chi connectivity index (χ2n) is 9.25. The predicted octanol–water partition coefficient (Wildman–Crippen LogP) is 5.08. The van der Waals surface area contributed by atoms with Crippen molar-refractivity contribution in [2.75, 3.05) is 23.0 Å². The van der Waals surface area contributed by atoms with E-state index in [-0.39, 0.29) is 24.5 Å². The van der Waals surface area contributed by atoms with Gasteiger partial charge in [-0.15, -0.1) is 11.3 Å². The molecule has 218 valence electrons. The molecular weight excluding hydrogens is 589 g/mol. The summed E-state index contributed by atoms with van der Waals surface area (Å²) in [5.74, 6) is -1.66. The quantitative estimate of drug-likeness (QED) is 0.118. The van der Waals surface area contributed by atoms with Crippen molar-refractivity contribution >= 4 is 62.8 Å². The molecule has 2 aromatic heterocycles. The number of hydrogen-bond acceptors (Lipinski definition) is 10. The van der Waals surface area contributed by atoms with Crippen molar-refractivity contribution in [1.29, 1.82) is 0 Å². The standard InChI is InChI=1S/C30H26N6O5S2/c31-25-24(43-30(36-25)33-20-11-9-18(10-12-20)27(39)34-22(13-14-37)29(40)41)28-35-23(16-42-28)19-7-4-8-21(15-19)32-26(38)17-5-2-1-3-6-17/h1-12,15-16,22,37H,13-14,31H2,(H,32,38)(H,33,36)(H,34,39)(H,40,41). The number of nitrogens with one attached hydrogen (secondary N) is 3. The lowest BCUT2D eigenvalue weighted by Gasteiger charge is -2.13. The van der Waals surface area contributed by atoms with Crippen LogP contribution in [0.2, 0.25) is 0 Å². The van der Waals surface area contributed by atoms with Gasteiger partial charge in [0.2, 0.25) is 0 Å². The fraction of sp³-hybridized carbons (Fsp3) is 0.100. The molecule has 0 radical (unpaired) electrons. The highest BCUT2D eigenvalue weighted by molar-refractivity contribution is 7.23. The molecular formula is C30H26N6O5S2. The number of aliphatic carboxylic acids is 1. The van der Waals surface area contributed by atoms with Gasteiger partial charge in [-0.2, -0.15) is 0 Å². The van der Waals surface area contributed by atoms with Gasteiger partial charge < -0.3 is 31.9 Å². The first-order chi connectivity index (χ1) is 20.8. The Morgan fingerprint density at radius 1 is 0.884 bits per heavy atom. The lowest BCUT2D eigenvalue weighted by Crippen LogP contribution is -2.41. The van der Waals surface area contributed by atoms with E-state index in [2.05, 4.69) is 20.9 Å². The summed E-state index contributed by atoms with van der Waals surface area (Å²) in [7, 11) is 0. The summed E-state index contributed by atoms with van der Waals surface area (Å²) in [6.45, 7) is -0.358. The molecule has 2 heterocycles. The summed E-state index contributed by atoms with van der Waals surface area (Å²) in [5.41, 5.74) is 9.94. The maximum atomic E-state index is 12.6. The van der Waals surface area contributed by atoms with Gasteiger partial charge in [0, 0.05) is 46.5 Å². The van der Waals surface area contributed by atoms with Crippen molar-refractivity contribution in [3.8, 4) is 21.1 Å². The number of nitrogens with zero attached hydrogens (tertiary/aromatic N) is 2. The molecule has 0 aliphatic heterocycles. The van der Waals surface area contributed by atoms with E-state index in [4.69, 9.17) is 15.8 Å². The minimum absolute atomic E-state index is 0.0888. The van der Waals surface area contributed by atoms with Crippen LogP contribution in [0, 0.1) is 0 Å². The third kappa shape index (κ3) is 7.22. The molecule has 0 saturated carbocycles. The van der Waals surface area contributed by atoms with E-state index in [1.54, 1.807) is 36.4 Å². The number of carboxylic acids is 1. The van der Waals surface area contributed by atoms with Crippen LogP contribution in [0.1, 0.15) is 27.1 Å². The van der Waals surface area contributed by atoms with E-state index in [1.165, 1.54) is 22.7 Å². The molecule has 0 bridgehead atoms. The molecule has 0 aliphatic rings. The molecule has 0 aliphatic carbocycles. The Morgan fingerprint density at radius 3 is 2.35 bits per heavy atom. The normalized spacial score (nSPS) is 11.5. The summed E-state index contributed by atoms with van der Waals surface area (Å²) >= 11 is 2.75. The van der Waals surface area contributed by atoms with Crippen LogP contribution >= 0.6 is 22.7 Å². The zero-order valence-electron chi connectivity index (χ0n) is 22.5. The van der Waals surface area contributed by atoms with Crippen molar-refractivity contribution in [2.24, 2.45) is 0 Å². The van der Waals surface area contributed by atoms with E-state index >= 15 is 0 Å². The first kappa shape index (κ1) is 29.4. The third-order valence-corrected chi connectivity index (χ3v) is 8.21. The number of carbonyl (C=O) groups excluding carboxylic acids is 2. The molecule has 0 fully saturated rings. The summed E-state index contributed by atoms with van der Waals surface area (Å²) < 4.78 is 0. The molecule has 2 amide bonds. The van der Waals surface area contributed by atoms with E-state index in [0.29, 0.717) is 37.8 Å². The van der Waals surface area contributed by atoms with Gasteiger partial charge in [-0.1, -0.05) is 41.7 Å². The Labute approximate surface area is 254 Å². The number of hydrogen-bond donors (Lipinski definition) is 6. The number of thiazole rings is 2. The van der Waals surface area contributed by atoms with E-state index in [0.717, 1.165) is 11.3 Å². The smallest absolute Gasteiger partial charge is 0.326 e. The fourth-order valence-corrected chi connectivity index (χ4v) is 5.89. The Kier molecular flexibility index (Phi) is 9.05. The van der Waals surface area contributed by atoms with Crippen molar-refractivity contribution in [3.05, 3.63) is 95.4 Å². The maximum absolute atomic E-state index is 12.6. The van der Waals surface area contributed by atoms with Gasteiger partial charge in [0.05, 0.1) is 5.69 Å². The summed E-state index contributed by atoms with van der Waals surface area (Å²) in [6.07, 6.45) is -0.0888. The van der Waals surface area contributed by atoms with Crippen LogP contribution in [0.5, 0.6) is 0 Å². The van der Waals surface area contributed by atoms with Gasteiger partial charge in [0.1, 0.15) is 21.7 Å². The lowest BCUT2D eigenvalue weighted by molar-refractivity contribution is -0.139. The van der Waals surface area contributed by atoms with E-state index in [1.807, 2.05) is 47.8 Å². The minimum Gasteiger partial charge on any atom is -0.480 e. The van der Waals surface area contributed by atoms with Crippen LogP contribution in [0.3, 0.4) is 0 Å². The molecule has 0 spiro atoms. The number of anilines is 4. The molecule has 1 atom stereocenters. The van der Waals surface area contributed by atoms with Crippen LogP contribution in [0.25, 0.3) is 21.1 Å². The van der Waals surface area contributed by atoms with Crippen molar-refractivity contribution < 1.29 is 24.6 Å². The van der Waals surface area contributed by atoms with Crippen LogP contribution in [0.4, 0.5) is 22.3 Å². The number of rotatable bonds is 11.